The first-order valence-corrected chi connectivity index (χ1v) is 7.45. The molecule has 0 fully saturated rings. The first kappa shape index (κ1) is 21.2. The van der Waals surface area contributed by atoms with Crippen molar-refractivity contribution in [2.24, 2.45) is 0 Å². The van der Waals surface area contributed by atoms with Crippen molar-refractivity contribution in [3.8, 4) is 0 Å². The normalized spacial score (nSPS) is 15.9. The summed E-state index contributed by atoms with van der Waals surface area (Å²) in [6.45, 7) is 0. The van der Waals surface area contributed by atoms with Crippen molar-refractivity contribution in [3.63, 3.8) is 0 Å². The predicted octanol–water partition coefficient (Wildman–Crippen LogP) is 1.59. The summed E-state index contributed by atoms with van der Waals surface area (Å²) in [4.78, 5) is 0. The molecule has 17 heteroatoms. The van der Waals surface area contributed by atoms with Gasteiger partial charge in [0, 0.05) is 0 Å². The van der Waals surface area contributed by atoms with E-state index in [-0.39, 0.29) is 0 Å². The molecule has 0 aliphatic rings. The van der Waals surface area contributed by atoms with Gasteiger partial charge >= 0.3 is 23.5 Å². The fourth-order valence-electron chi connectivity index (χ4n) is 0.798. The molecule has 0 saturated carbocycles. The quantitative estimate of drug-likeness (QED) is 0.718. The van der Waals surface area contributed by atoms with Crippen LogP contribution in [-0.2, 0) is 20.0 Å². The first-order chi connectivity index (χ1) is 9.16. The number of hydrogen-bond acceptors (Lipinski definition) is 4. The van der Waals surface area contributed by atoms with Crippen LogP contribution in [0.3, 0.4) is 0 Å². The van der Waals surface area contributed by atoms with Crippen LogP contribution in [0.4, 0.5) is 43.9 Å². The van der Waals surface area contributed by atoms with Gasteiger partial charge in [-0.05, 0) is 0 Å². The SMILES string of the molecule is O=S(=O)(CC(F)(F)F)NS(=O)(=O)C(F)(F)C(F)(F)C(F)(F)F. The first-order valence-electron chi connectivity index (χ1n) is 4.31. The van der Waals surface area contributed by atoms with E-state index in [9.17, 15) is 60.7 Å². The molecule has 0 atom stereocenters. The van der Waals surface area contributed by atoms with Crippen LogP contribution in [0.15, 0.2) is 0 Å². The van der Waals surface area contributed by atoms with Crippen molar-refractivity contribution < 1.29 is 60.7 Å². The van der Waals surface area contributed by atoms with Crippen LogP contribution in [0.2, 0.25) is 0 Å². The van der Waals surface area contributed by atoms with E-state index < -0.39 is 53.5 Å². The van der Waals surface area contributed by atoms with Crippen molar-refractivity contribution in [1.29, 1.82) is 0 Å². The molecule has 5 nitrogen and oxygen atoms in total. The summed E-state index contributed by atoms with van der Waals surface area (Å²) in [5, 5.41) is -7.09. The van der Waals surface area contributed by atoms with Gasteiger partial charge in [-0.2, -0.15) is 43.9 Å². The largest absolute Gasteiger partial charge is 0.461 e. The molecular weight excluding hydrogens is 392 g/mol. The van der Waals surface area contributed by atoms with Gasteiger partial charge in [0.2, 0.25) is 10.0 Å². The van der Waals surface area contributed by atoms with Crippen molar-refractivity contribution in [1.82, 2.24) is 4.13 Å². The Morgan fingerprint density at radius 3 is 1.36 bits per heavy atom. The average molecular weight is 395 g/mol. The van der Waals surface area contributed by atoms with Gasteiger partial charge in [0.05, 0.1) is 0 Å². The molecule has 0 aliphatic carbocycles. The van der Waals surface area contributed by atoms with Gasteiger partial charge in [-0.1, -0.05) is 0 Å². The Morgan fingerprint density at radius 2 is 1.09 bits per heavy atom. The lowest BCUT2D eigenvalue weighted by Crippen LogP contribution is -2.60. The maximum Gasteiger partial charge on any atom is 0.461 e. The third-order valence-corrected chi connectivity index (χ3v) is 5.18. The second-order valence-electron chi connectivity index (χ2n) is 3.55. The van der Waals surface area contributed by atoms with Gasteiger partial charge in [0.1, 0.15) is 0 Å². The molecule has 0 saturated heterocycles. The molecule has 0 amide bonds. The van der Waals surface area contributed by atoms with E-state index in [0.717, 1.165) is 0 Å². The molecule has 0 aromatic rings. The molecule has 22 heavy (non-hydrogen) atoms. The Hall–Kier alpha value is -0.840. The molecule has 0 aromatic heterocycles. The summed E-state index contributed by atoms with van der Waals surface area (Å²) in [5.41, 5.74) is 0. The third kappa shape index (κ3) is 4.34. The molecular formula is C5H3F10NO4S2. The van der Waals surface area contributed by atoms with Crippen LogP contribution in [0.25, 0.3) is 0 Å². The number of nitrogens with one attached hydrogen (secondary N) is 1. The second-order valence-corrected chi connectivity index (χ2v) is 7.25. The van der Waals surface area contributed by atoms with Crippen LogP contribution < -0.4 is 4.13 Å². The minimum atomic E-state index is -7.37. The Bertz CT molecular complexity index is 615. The van der Waals surface area contributed by atoms with E-state index in [0.29, 0.717) is 0 Å². The molecule has 0 aromatic carbocycles. The maximum absolute atomic E-state index is 12.8. The topological polar surface area (TPSA) is 80.3 Å². The summed E-state index contributed by atoms with van der Waals surface area (Å²) in [6, 6.07) is 0. The van der Waals surface area contributed by atoms with E-state index in [1.54, 1.807) is 0 Å². The lowest BCUT2D eigenvalue weighted by atomic mass is 10.3. The molecule has 134 valence electrons. The van der Waals surface area contributed by atoms with Gasteiger partial charge in [-0.25, -0.2) is 16.8 Å². The number of halogens is 10. The van der Waals surface area contributed by atoms with Gasteiger partial charge in [0.25, 0.3) is 10.0 Å². The van der Waals surface area contributed by atoms with Crippen molar-refractivity contribution in [3.05, 3.63) is 0 Å². The number of sulfonamides is 2. The van der Waals surface area contributed by atoms with Crippen LogP contribution in [0, 0.1) is 0 Å². The fourth-order valence-corrected chi connectivity index (χ4v) is 3.67. The van der Waals surface area contributed by atoms with Crippen LogP contribution in [0.1, 0.15) is 0 Å². The molecule has 0 aliphatic heterocycles. The molecule has 0 heterocycles. The summed E-state index contributed by atoms with van der Waals surface area (Å²) in [5.74, 6) is -10.4. The van der Waals surface area contributed by atoms with Crippen LogP contribution >= 0.6 is 0 Å². The monoisotopic (exact) mass is 395 g/mol. The molecule has 0 spiro atoms. The minimum Gasteiger partial charge on any atom is -0.211 e. The molecule has 0 unspecified atom stereocenters. The number of hydrogen-bond donors (Lipinski definition) is 1. The smallest absolute Gasteiger partial charge is 0.211 e. The summed E-state index contributed by atoms with van der Waals surface area (Å²) in [7, 11) is -13.6. The minimum absolute atomic E-state index is 0.498. The zero-order chi connectivity index (χ0) is 18.4. The number of rotatable bonds is 5. The Balaban J connectivity index is 5.78. The highest BCUT2D eigenvalue weighted by atomic mass is 32.3. The van der Waals surface area contributed by atoms with Crippen molar-refractivity contribution >= 4 is 20.0 Å². The zero-order valence-corrected chi connectivity index (χ0v) is 11.1. The van der Waals surface area contributed by atoms with Crippen LogP contribution in [0.5, 0.6) is 0 Å². The average Bonchev–Trinajstić information content (AvgIpc) is 2.08. The predicted molar refractivity (Wildman–Crippen MR) is 47.8 cm³/mol. The molecule has 0 rings (SSSR count). The Kier molecular flexibility index (Phi) is 5.15. The lowest BCUT2D eigenvalue weighted by Gasteiger charge is -2.27. The van der Waals surface area contributed by atoms with Gasteiger partial charge in [-0.3, -0.25) is 0 Å². The third-order valence-electron chi connectivity index (χ3n) is 1.65. The van der Waals surface area contributed by atoms with Crippen molar-refractivity contribution in [2.75, 3.05) is 5.75 Å². The second kappa shape index (κ2) is 5.36. The molecule has 0 radical (unpaired) electrons. The number of alkyl halides is 10. The molecule has 0 bridgehead atoms. The maximum atomic E-state index is 12.8. The van der Waals surface area contributed by atoms with E-state index in [1.165, 1.54) is 0 Å². The lowest BCUT2D eigenvalue weighted by molar-refractivity contribution is -0.332. The fraction of sp³-hybridized carbons (Fsp3) is 1.00. The van der Waals surface area contributed by atoms with Gasteiger partial charge < -0.3 is 0 Å². The van der Waals surface area contributed by atoms with Crippen molar-refractivity contribution in [2.45, 2.75) is 23.5 Å². The highest BCUT2D eigenvalue weighted by Gasteiger charge is 2.79. The van der Waals surface area contributed by atoms with E-state index in [4.69, 9.17) is 0 Å². The summed E-state index contributed by atoms with van der Waals surface area (Å²) >= 11 is 0. The highest BCUT2D eigenvalue weighted by molar-refractivity contribution is 8.05. The molecule has 1 N–H and O–H groups in total. The Morgan fingerprint density at radius 1 is 0.727 bits per heavy atom. The summed E-state index contributed by atoms with van der Waals surface area (Å²) in [6.07, 6.45) is -12.8. The van der Waals surface area contributed by atoms with E-state index >= 15 is 0 Å². The Labute approximate surface area is 115 Å². The van der Waals surface area contributed by atoms with Gasteiger partial charge in [0.15, 0.2) is 5.75 Å². The zero-order valence-electron chi connectivity index (χ0n) is 9.44. The van der Waals surface area contributed by atoms with E-state index in [2.05, 4.69) is 0 Å². The highest BCUT2D eigenvalue weighted by Crippen LogP contribution is 2.48. The van der Waals surface area contributed by atoms with E-state index in [1.807, 2.05) is 0 Å². The van der Waals surface area contributed by atoms with Gasteiger partial charge in [-0.15, -0.1) is 4.13 Å². The summed E-state index contributed by atoms with van der Waals surface area (Å²) < 4.78 is 163. The standard InChI is InChI=1S/C5H3F10NO4S2/c6-2(7,8)1-21(17,18)16-22(19,20)5(14,15)3(9,10)4(11,12)13/h16H,1H2. The van der Waals surface area contributed by atoms with Crippen LogP contribution in [-0.4, -0.2) is 46.1 Å².